The molecule has 0 aliphatic rings. The Bertz CT molecular complexity index is 540. The minimum Gasteiger partial charge on any atom is -0.296 e. The summed E-state index contributed by atoms with van der Waals surface area (Å²) in [6, 6.07) is 15.9. The van der Waals surface area contributed by atoms with Crippen LogP contribution in [0.1, 0.15) is 0 Å². The normalized spacial score (nSPS) is 14.4. The minimum absolute atomic E-state index is 0.435. The Morgan fingerprint density at radius 3 is 2.06 bits per heavy atom. The lowest BCUT2D eigenvalue weighted by Gasteiger charge is -2.12. The maximum Gasteiger partial charge on any atom is 0.227 e. The molecule has 1 unspecified atom stereocenters. The van der Waals surface area contributed by atoms with Crippen LogP contribution in [0.3, 0.4) is 0 Å². The van der Waals surface area contributed by atoms with Gasteiger partial charge in [0.2, 0.25) is 6.49 Å². The highest BCUT2D eigenvalue weighted by atomic mass is 35.7. The Kier molecular flexibility index (Phi) is 3.39. The summed E-state index contributed by atoms with van der Waals surface area (Å²) in [5.41, 5.74) is 0. The summed E-state index contributed by atoms with van der Waals surface area (Å²) in [6.45, 7) is -3.09. The van der Waals surface area contributed by atoms with E-state index < -0.39 is 6.49 Å². The maximum absolute atomic E-state index is 12.5. The van der Waals surface area contributed by atoms with Crippen molar-refractivity contribution in [2.24, 2.45) is 0 Å². The van der Waals surface area contributed by atoms with E-state index in [2.05, 4.69) is 0 Å². The number of hydrogen-bond donors (Lipinski definition) is 0. The third-order valence-electron chi connectivity index (χ3n) is 2.25. The molecule has 0 radical (unpaired) electrons. The van der Waals surface area contributed by atoms with E-state index in [9.17, 15) is 4.57 Å². The quantitative estimate of drug-likeness (QED) is 0.759. The van der Waals surface area contributed by atoms with E-state index >= 15 is 0 Å². The summed E-state index contributed by atoms with van der Waals surface area (Å²) in [5.74, 6) is 0. The maximum atomic E-state index is 12.5. The number of benzene rings is 2. The first-order valence-corrected chi connectivity index (χ1v) is 7.72. The van der Waals surface area contributed by atoms with Gasteiger partial charge in [0.1, 0.15) is 0 Å². The topological polar surface area (TPSA) is 17.1 Å². The molecule has 16 heavy (non-hydrogen) atoms. The summed E-state index contributed by atoms with van der Waals surface area (Å²) in [7, 11) is 0. The predicted molar refractivity (Wildman–Crippen MR) is 70.6 cm³/mol. The Balaban J connectivity index is 2.56. The highest BCUT2D eigenvalue weighted by molar-refractivity contribution is 8.00. The molecule has 2 aromatic rings. The summed E-state index contributed by atoms with van der Waals surface area (Å²) in [6.07, 6.45) is 0. The van der Waals surface area contributed by atoms with E-state index in [1.807, 2.05) is 6.07 Å². The smallest absolute Gasteiger partial charge is 0.227 e. The van der Waals surface area contributed by atoms with Crippen LogP contribution < -0.4 is 10.6 Å². The van der Waals surface area contributed by atoms with Gasteiger partial charge >= 0.3 is 0 Å². The minimum atomic E-state index is -3.09. The van der Waals surface area contributed by atoms with Crippen molar-refractivity contribution in [3.63, 3.8) is 0 Å². The third kappa shape index (κ3) is 2.17. The SMILES string of the molecule is O=P(Cl)(c1ccccc1)c1ccccc1Cl. The van der Waals surface area contributed by atoms with Crippen molar-refractivity contribution in [1.82, 2.24) is 0 Å². The van der Waals surface area contributed by atoms with Crippen molar-refractivity contribution in [1.29, 1.82) is 0 Å². The lowest BCUT2D eigenvalue weighted by molar-refractivity contribution is 0.595. The number of rotatable bonds is 2. The molecule has 0 aliphatic heterocycles. The van der Waals surface area contributed by atoms with Crippen LogP contribution in [-0.2, 0) is 4.57 Å². The van der Waals surface area contributed by atoms with Crippen molar-refractivity contribution in [2.75, 3.05) is 0 Å². The first-order chi connectivity index (χ1) is 7.62. The van der Waals surface area contributed by atoms with E-state index in [1.54, 1.807) is 48.5 Å². The summed E-state index contributed by atoms with van der Waals surface area (Å²) in [4.78, 5) is 0. The zero-order valence-corrected chi connectivity index (χ0v) is 10.7. The van der Waals surface area contributed by atoms with Crippen LogP contribution in [0.2, 0.25) is 5.02 Å². The lowest BCUT2D eigenvalue weighted by atomic mass is 10.4. The van der Waals surface area contributed by atoms with Crippen molar-refractivity contribution < 1.29 is 4.57 Å². The van der Waals surface area contributed by atoms with Crippen molar-refractivity contribution >= 4 is 39.9 Å². The molecule has 0 fully saturated rings. The standard InChI is InChI=1S/C12H9Cl2OP/c13-11-8-4-5-9-12(11)16(14,15)10-6-2-1-3-7-10/h1-9H. The van der Waals surface area contributed by atoms with E-state index in [0.717, 1.165) is 0 Å². The zero-order chi connectivity index (χ0) is 11.6. The molecular formula is C12H9Cl2OP. The second-order valence-corrected chi connectivity index (χ2v) is 7.22. The molecule has 0 heterocycles. The molecular weight excluding hydrogens is 262 g/mol. The van der Waals surface area contributed by atoms with Crippen LogP contribution in [0.5, 0.6) is 0 Å². The van der Waals surface area contributed by atoms with Crippen LogP contribution in [0.15, 0.2) is 54.6 Å². The van der Waals surface area contributed by atoms with Crippen LogP contribution in [-0.4, -0.2) is 0 Å². The Morgan fingerprint density at radius 1 is 0.875 bits per heavy atom. The molecule has 2 rings (SSSR count). The highest BCUT2D eigenvalue weighted by Gasteiger charge is 2.26. The molecule has 0 aromatic heterocycles. The molecule has 0 amide bonds. The Hall–Kier alpha value is -0.750. The largest absolute Gasteiger partial charge is 0.296 e. The first kappa shape index (κ1) is 11.7. The second kappa shape index (κ2) is 4.63. The van der Waals surface area contributed by atoms with Gasteiger partial charge in [-0.25, -0.2) is 0 Å². The molecule has 1 atom stereocenters. The zero-order valence-electron chi connectivity index (χ0n) is 8.31. The highest BCUT2D eigenvalue weighted by Crippen LogP contribution is 2.50. The lowest BCUT2D eigenvalue weighted by Crippen LogP contribution is -2.12. The molecule has 0 N–H and O–H groups in total. The third-order valence-corrected chi connectivity index (χ3v) is 5.82. The summed E-state index contributed by atoms with van der Waals surface area (Å²) >= 11 is 12.2. The first-order valence-electron chi connectivity index (χ1n) is 4.73. The second-order valence-electron chi connectivity index (χ2n) is 3.32. The molecule has 0 saturated heterocycles. The van der Waals surface area contributed by atoms with E-state index in [4.69, 9.17) is 22.8 Å². The molecule has 2 aromatic carbocycles. The Morgan fingerprint density at radius 2 is 1.44 bits per heavy atom. The van der Waals surface area contributed by atoms with Crippen LogP contribution in [0, 0.1) is 0 Å². The van der Waals surface area contributed by atoms with E-state index in [1.165, 1.54) is 0 Å². The monoisotopic (exact) mass is 270 g/mol. The summed E-state index contributed by atoms with van der Waals surface area (Å²) < 4.78 is 12.5. The van der Waals surface area contributed by atoms with Gasteiger partial charge in [-0.15, -0.1) is 0 Å². The number of halogens is 2. The van der Waals surface area contributed by atoms with Crippen molar-refractivity contribution in [3.8, 4) is 0 Å². The molecule has 0 aliphatic carbocycles. The fraction of sp³-hybridized carbons (Fsp3) is 0. The molecule has 0 spiro atoms. The summed E-state index contributed by atoms with van der Waals surface area (Å²) in [5, 5.41) is 1.53. The average Bonchev–Trinajstić information content (AvgIpc) is 2.30. The molecule has 0 bridgehead atoms. The van der Waals surface area contributed by atoms with Gasteiger partial charge in [0.05, 0.1) is 5.02 Å². The van der Waals surface area contributed by atoms with Crippen LogP contribution >= 0.6 is 29.3 Å². The van der Waals surface area contributed by atoms with Gasteiger partial charge in [-0.1, -0.05) is 54.1 Å². The van der Waals surface area contributed by atoms with Gasteiger partial charge in [0.15, 0.2) is 0 Å². The van der Waals surface area contributed by atoms with Gasteiger partial charge in [-0.05, 0) is 23.4 Å². The average molecular weight is 271 g/mol. The van der Waals surface area contributed by atoms with Gasteiger partial charge in [0, 0.05) is 10.6 Å². The fourth-order valence-corrected chi connectivity index (χ4v) is 4.31. The van der Waals surface area contributed by atoms with Gasteiger partial charge in [-0.2, -0.15) is 0 Å². The van der Waals surface area contributed by atoms with Gasteiger partial charge in [-0.3, -0.25) is 4.57 Å². The van der Waals surface area contributed by atoms with Crippen molar-refractivity contribution in [3.05, 3.63) is 59.6 Å². The predicted octanol–water partition coefficient (Wildman–Crippen LogP) is 3.81. The van der Waals surface area contributed by atoms with Gasteiger partial charge in [0.25, 0.3) is 0 Å². The molecule has 82 valence electrons. The fourth-order valence-electron chi connectivity index (χ4n) is 1.44. The van der Waals surface area contributed by atoms with Crippen LogP contribution in [0.25, 0.3) is 0 Å². The number of hydrogen-bond acceptors (Lipinski definition) is 1. The molecule has 1 nitrogen and oxygen atoms in total. The molecule has 4 heteroatoms. The van der Waals surface area contributed by atoms with Crippen LogP contribution in [0.4, 0.5) is 0 Å². The van der Waals surface area contributed by atoms with E-state index in [0.29, 0.717) is 15.6 Å². The van der Waals surface area contributed by atoms with Crippen molar-refractivity contribution in [2.45, 2.75) is 0 Å². The van der Waals surface area contributed by atoms with Gasteiger partial charge < -0.3 is 0 Å². The van der Waals surface area contributed by atoms with E-state index in [-0.39, 0.29) is 0 Å². The molecule has 0 saturated carbocycles. The Labute approximate surface area is 104 Å².